The predicted molar refractivity (Wildman–Crippen MR) is 116 cm³/mol. The molecule has 0 fully saturated rings. The van der Waals surface area contributed by atoms with Gasteiger partial charge in [-0.25, -0.2) is 13.1 Å². The van der Waals surface area contributed by atoms with Gasteiger partial charge in [-0.3, -0.25) is 9.59 Å². The van der Waals surface area contributed by atoms with Crippen molar-refractivity contribution >= 4 is 39.0 Å². The van der Waals surface area contributed by atoms with Crippen LogP contribution in [-0.2, 0) is 14.8 Å². The SMILES string of the molecule is O=C(CCNS(=O)(=O)c1ccccc1)Nc1ccc(Cl)cc1C(=O)c1ccccc1. The molecule has 0 aliphatic heterocycles. The van der Waals surface area contributed by atoms with Gasteiger partial charge in [0.25, 0.3) is 0 Å². The molecule has 8 heteroatoms. The van der Waals surface area contributed by atoms with Gasteiger partial charge in [0.2, 0.25) is 15.9 Å². The molecule has 0 aliphatic rings. The number of carbonyl (C=O) groups excluding carboxylic acids is 2. The van der Waals surface area contributed by atoms with Gasteiger partial charge in [-0.15, -0.1) is 0 Å². The van der Waals surface area contributed by atoms with Gasteiger partial charge in [-0.2, -0.15) is 0 Å². The second-order valence-corrected chi connectivity index (χ2v) is 8.60. The Morgan fingerprint density at radius 3 is 2.17 bits per heavy atom. The lowest BCUT2D eigenvalue weighted by Crippen LogP contribution is -2.28. The van der Waals surface area contributed by atoms with Gasteiger partial charge < -0.3 is 5.32 Å². The van der Waals surface area contributed by atoms with E-state index in [4.69, 9.17) is 11.6 Å². The molecule has 2 N–H and O–H groups in total. The zero-order valence-electron chi connectivity index (χ0n) is 15.8. The van der Waals surface area contributed by atoms with Gasteiger partial charge in [-0.1, -0.05) is 60.1 Å². The van der Waals surface area contributed by atoms with Gasteiger partial charge in [-0.05, 0) is 30.3 Å². The smallest absolute Gasteiger partial charge is 0.240 e. The van der Waals surface area contributed by atoms with Crippen LogP contribution in [0.15, 0.2) is 83.8 Å². The maximum absolute atomic E-state index is 12.8. The van der Waals surface area contributed by atoms with E-state index in [0.29, 0.717) is 16.3 Å². The molecule has 0 unspecified atom stereocenters. The lowest BCUT2D eigenvalue weighted by molar-refractivity contribution is -0.116. The highest BCUT2D eigenvalue weighted by molar-refractivity contribution is 7.89. The summed E-state index contributed by atoms with van der Waals surface area (Å²) < 4.78 is 26.8. The van der Waals surface area contributed by atoms with Crippen molar-refractivity contribution in [3.05, 3.63) is 95.0 Å². The number of hydrogen-bond acceptors (Lipinski definition) is 4. The first kappa shape index (κ1) is 21.7. The van der Waals surface area contributed by atoms with Crippen LogP contribution in [0.3, 0.4) is 0 Å². The van der Waals surface area contributed by atoms with E-state index in [1.165, 1.54) is 18.2 Å². The molecular formula is C22H19ClN2O4S. The number of anilines is 1. The zero-order valence-corrected chi connectivity index (χ0v) is 17.4. The van der Waals surface area contributed by atoms with Gasteiger partial charge in [0.05, 0.1) is 10.6 Å². The molecule has 0 aliphatic carbocycles. The maximum Gasteiger partial charge on any atom is 0.240 e. The van der Waals surface area contributed by atoms with E-state index < -0.39 is 15.9 Å². The highest BCUT2D eigenvalue weighted by atomic mass is 35.5. The lowest BCUT2D eigenvalue weighted by atomic mass is 10.0. The molecular weight excluding hydrogens is 424 g/mol. The number of amides is 1. The Balaban J connectivity index is 1.66. The summed E-state index contributed by atoms with van der Waals surface area (Å²) in [6.07, 6.45) is -0.104. The minimum atomic E-state index is -3.69. The van der Waals surface area contributed by atoms with Crippen LogP contribution >= 0.6 is 11.6 Å². The quantitative estimate of drug-likeness (QED) is 0.518. The van der Waals surface area contributed by atoms with Crippen molar-refractivity contribution in [1.82, 2.24) is 4.72 Å². The molecule has 154 valence electrons. The van der Waals surface area contributed by atoms with E-state index in [9.17, 15) is 18.0 Å². The molecule has 3 rings (SSSR count). The van der Waals surface area contributed by atoms with Crippen molar-refractivity contribution < 1.29 is 18.0 Å². The Bertz CT molecular complexity index is 1150. The molecule has 3 aromatic rings. The van der Waals surface area contributed by atoms with Crippen molar-refractivity contribution in [1.29, 1.82) is 0 Å². The molecule has 0 bridgehead atoms. The minimum Gasteiger partial charge on any atom is -0.325 e. The van der Waals surface area contributed by atoms with Crippen molar-refractivity contribution in [3.8, 4) is 0 Å². The average molecular weight is 443 g/mol. The fraction of sp³-hybridized carbons (Fsp3) is 0.0909. The summed E-state index contributed by atoms with van der Waals surface area (Å²) in [6, 6.07) is 21.1. The Morgan fingerprint density at radius 1 is 0.867 bits per heavy atom. The first-order chi connectivity index (χ1) is 14.4. The number of rotatable bonds is 8. The number of ketones is 1. The van der Waals surface area contributed by atoms with Gasteiger partial charge in [0, 0.05) is 29.1 Å². The van der Waals surface area contributed by atoms with Crippen LogP contribution in [0, 0.1) is 0 Å². The second-order valence-electron chi connectivity index (χ2n) is 6.39. The Morgan fingerprint density at radius 2 is 1.50 bits per heavy atom. The first-order valence-electron chi connectivity index (χ1n) is 9.11. The van der Waals surface area contributed by atoms with Crippen LogP contribution in [0.4, 0.5) is 5.69 Å². The molecule has 0 atom stereocenters. The third kappa shape index (κ3) is 5.54. The van der Waals surface area contributed by atoms with Crippen LogP contribution in [0.1, 0.15) is 22.3 Å². The zero-order chi connectivity index (χ0) is 21.6. The third-order valence-electron chi connectivity index (χ3n) is 4.23. The number of nitrogens with one attached hydrogen (secondary N) is 2. The number of halogens is 1. The second kappa shape index (κ2) is 9.67. The van der Waals surface area contributed by atoms with E-state index in [-0.39, 0.29) is 29.2 Å². The molecule has 30 heavy (non-hydrogen) atoms. The van der Waals surface area contributed by atoms with Gasteiger partial charge in [0.15, 0.2) is 5.78 Å². The maximum atomic E-state index is 12.8. The molecule has 1 amide bonds. The molecule has 0 radical (unpaired) electrons. The van der Waals surface area contributed by atoms with E-state index >= 15 is 0 Å². The predicted octanol–water partition coefficient (Wildman–Crippen LogP) is 3.88. The summed E-state index contributed by atoms with van der Waals surface area (Å²) in [5, 5.41) is 3.03. The number of sulfonamides is 1. The molecule has 0 saturated heterocycles. The number of benzene rings is 3. The molecule has 0 saturated carbocycles. The Kier molecular flexibility index (Phi) is 6.99. The van der Waals surface area contributed by atoms with Crippen LogP contribution in [0.2, 0.25) is 5.02 Å². The fourth-order valence-corrected chi connectivity index (χ4v) is 3.98. The van der Waals surface area contributed by atoms with Gasteiger partial charge >= 0.3 is 0 Å². The Hall–Kier alpha value is -3.00. The summed E-state index contributed by atoms with van der Waals surface area (Å²) in [6.45, 7) is -0.0847. The fourth-order valence-electron chi connectivity index (χ4n) is 2.75. The summed E-state index contributed by atoms with van der Waals surface area (Å²) in [7, 11) is -3.69. The van der Waals surface area contributed by atoms with E-state index in [0.717, 1.165) is 0 Å². The molecule has 0 aromatic heterocycles. The standard InChI is InChI=1S/C22H19ClN2O4S/c23-17-11-12-20(19(15-17)22(27)16-7-3-1-4-8-16)25-21(26)13-14-24-30(28,29)18-9-5-2-6-10-18/h1-12,15,24H,13-14H2,(H,25,26). The molecule has 0 spiro atoms. The monoisotopic (exact) mass is 442 g/mol. The minimum absolute atomic E-state index is 0.0847. The summed E-state index contributed by atoms with van der Waals surface area (Å²) in [5.74, 6) is -0.714. The highest BCUT2D eigenvalue weighted by Crippen LogP contribution is 2.24. The van der Waals surface area contributed by atoms with Crippen LogP contribution in [0.5, 0.6) is 0 Å². The van der Waals surface area contributed by atoms with Crippen LogP contribution in [0.25, 0.3) is 0 Å². The van der Waals surface area contributed by atoms with Gasteiger partial charge in [0.1, 0.15) is 0 Å². The Labute approximate surface area is 179 Å². The normalized spacial score (nSPS) is 11.1. The highest BCUT2D eigenvalue weighted by Gasteiger charge is 2.17. The van der Waals surface area contributed by atoms with Crippen molar-refractivity contribution in [3.63, 3.8) is 0 Å². The number of hydrogen-bond donors (Lipinski definition) is 2. The van der Waals surface area contributed by atoms with Crippen molar-refractivity contribution in [2.75, 3.05) is 11.9 Å². The largest absolute Gasteiger partial charge is 0.325 e. The first-order valence-corrected chi connectivity index (χ1v) is 11.0. The molecule has 3 aromatic carbocycles. The molecule has 6 nitrogen and oxygen atoms in total. The average Bonchev–Trinajstić information content (AvgIpc) is 2.75. The van der Waals surface area contributed by atoms with E-state index in [1.807, 2.05) is 0 Å². The summed E-state index contributed by atoms with van der Waals surface area (Å²) >= 11 is 6.04. The van der Waals surface area contributed by atoms with E-state index in [2.05, 4.69) is 10.0 Å². The summed E-state index contributed by atoms with van der Waals surface area (Å²) in [4.78, 5) is 25.3. The van der Waals surface area contributed by atoms with Crippen LogP contribution in [-0.4, -0.2) is 26.7 Å². The lowest BCUT2D eigenvalue weighted by Gasteiger charge is -2.12. The molecule has 0 heterocycles. The van der Waals surface area contributed by atoms with Crippen molar-refractivity contribution in [2.24, 2.45) is 0 Å². The number of carbonyl (C=O) groups is 2. The van der Waals surface area contributed by atoms with E-state index in [1.54, 1.807) is 60.7 Å². The van der Waals surface area contributed by atoms with Crippen molar-refractivity contribution in [2.45, 2.75) is 11.3 Å². The summed E-state index contributed by atoms with van der Waals surface area (Å²) in [5.41, 5.74) is 1.03. The van der Waals surface area contributed by atoms with Crippen LogP contribution < -0.4 is 10.0 Å². The topological polar surface area (TPSA) is 92.3 Å². The third-order valence-corrected chi connectivity index (χ3v) is 5.95.